The quantitative estimate of drug-likeness (QED) is 0.0320. The number of ether oxygens (including phenoxy) is 1. The molecule has 0 aliphatic heterocycles. The van der Waals surface area contributed by atoms with E-state index in [0.717, 1.165) is 51.4 Å². The number of unbranched alkanes of at least 4 members (excludes halogenated alkanes) is 51. The molecule has 1 amide bonds. The number of hydrogen-bond acceptors (Lipinski definition) is 5. The monoisotopic (exact) mass is 1120 g/mol. The molecule has 6 nitrogen and oxygen atoms in total. The summed E-state index contributed by atoms with van der Waals surface area (Å²) in [6, 6.07) is -0.541. The lowest BCUT2D eigenvalue weighted by Gasteiger charge is -2.22. The smallest absolute Gasteiger partial charge is 0.305 e. The maximum absolute atomic E-state index is 12.5. The van der Waals surface area contributed by atoms with E-state index in [4.69, 9.17) is 4.74 Å². The Balaban J connectivity index is 3.37. The zero-order valence-corrected chi connectivity index (χ0v) is 54.1. The summed E-state index contributed by atoms with van der Waals surface area (Å²) in [4.78, 5) is 24.6. The average Bonchev–Trinajstić information content (AvgIpc) is 3.46. The molecule has 0 saturated carbocycles. The molecule has 0 spiro atoms. The maximum atomic E-state index is 12.5. The summed E-state index contributed by atoms with van der Waals surface area (Å²) in [5, 5.41) is 23.4. The molecule has 80 heavy (non-hydrogen) atoms. The van der Waals surface area contributed by atoms with E-state index >= 15 is 0 Å². The molecule has 3 N–H and O–H groups in total. The SMILES string of the molecule is CCCCCC/C=C\C/C=C\CCCCCCCC(=O)OCCCCCCCCCCCCCC/C=C\CCCCCCCCCCCCCCCCC(=O)NC(CO)C(O)CCCCCCCCCCCCCCCCCCC. The van der Waals surface area contributed by atoms with E-state index in [1.807, 2.05) is 0 Å². The number of aliphatic hydroxyl groups is 2. The topological polar surface area (TPSA) is 95.9 Å². The number of aliphatic hydroxyl groups excluding tert-OH is 2. The molecule has 2 unspecified atom stereocenters. The van der Waals surface area contributed by atoms with Crippen molar-refractivity contribution in [2.24, 2.45) is 0 Å². The third-order valence-corrected chi connectivity index (χ3v) is 16.9. The molecule has 0 aromatic rings. The van der Waals surface area contributed by atoms with E-state index in [2.05, 4.69) is 55.6 Å². The van der Waals surface area contributed by atoms with E-state index in [1.54, 1.807) is 0 Å². The average molecular weight is 1120 g/mol. The number of carbonyl (C=O) groups excluding carboxylic acids is 2. The zero-order chi connectivity index (χ0) is 57.8. The van der Waals surface area contributed by atoms with E-state index in [9.17, 15) is 19.8 Å². The molecule has 6 heteroatoms. The van der Waals surface area contributed by atoms with Gasteiger partial charge in [-0.05, 0) is 83.5 Å². The van der Waals surface area contributed by atoms with Crippen molar-refractivity contribution in [3.63, 3.8) is 0 Å². The van der Waals surface area contributed by atoms with Crippen LogP contribution in [0.5, 0.6) is 0 Å². The summed E-state index contributed by atoms with van der Waals surface area (Å²) in [7, 11) is 0. The van der Waals surface area contributed by atoms with Crippen LogP contribution in [-0.2, 0) is 14.3 Å². The first-order valence-corrected chi connectivity index (χ1v) is 36.2. The Bertz CT molecular complexity index is 1300. The predicted molar refractivity (Wildman–Crippen MR) is 352 cm³/mol. The number of amides is 1. The van der Waals surface area contributed by atoms with Crippen molar-refractivity contribution in [1.82, 2.24) is 5.32 Å². The minimum atomic E-state index is -0.664. The van der Waals surface area contributed by atoms with Gasteiger partial charge in [0.05, 0.1) is 25.4 Å². The molecule has 0 rings (SSSR count). The summed E-state index contributed by atoms with van der Waals surface area (Å²) in [6.07, 6.45) is 89.1. The molecule has 0 saturated heterocycles. The highest BCUT2D eigenvalue weighted by Crippen LogP contribution is 2.19. The second kappa shape index (κ2) is 69.6. The van der Waals surface area contributed by atoms with Gasteiger partial charge in [0.25, 0.3) is 0 Å². The fraction of sp³-hybridized carbons (Fsp3) is 0.892. The van der Waals surface area contributed by atoms with Crippen LogP contribution in [0.15, 0.2) is 36.5 Å². The van der Waals surface area contributed by atoms with Crippen molar-refractivity contribution in [3.8, 4) is 0 Å². The van der Waals surface area contributed by atoms with Crippen LogP contribution in [0.25, 0.3) is 0 Å². The molecule has 0 fully saturated rings. The van der Waals surface area contributed by atoms with Gasteiger partial charge in [-0.15, -0.1) is 0 Å². The van der Waals surface area contributed by atoms with Crippen LogP contribution in [0.4, 0.5) is 0 Å². The number of nitrogens with one attached hydrogen (secondary N) is 1. The summed E-state index contributed by atoms with van der Waals surface area (Å²) in [5.74, 6) is -0.0262. The largest absolute Gasteiger partial charge is 0.466 e. The Labute approximate surface area is 500 Å². The lowest BCUT2D eigenvalue weighted by atomic mass is 10.0. The molecule has 472 valence electrons. The minimum Gasteiger partial charge on any atom is -0.466 e. The number of esters is 1. The third kappa shape index (κ3) is 65.2. The fourth-order valence-electron chi connectivity index (χ4n) is 11.4. The Kier molecular flexibility index (Phi) is 67.9. The summed E-state index contributed by atoms with van der Waals surface area (Å²) in [5.41, 5.74) is 0. The summed E-state index contributed by atoms with van der Waals surface area (Å²) >= 11 is 0. The Hall–Kier alpha value is -1.92. The Morgan fingerprint density at radius 3 is 0.975 bits per heavy atom. The highest BCUT2D eigenvalue weighted by Gasteiger charge is 2.20. The van der Waals surface area contributed by atoms with Crippen molar-refractivity contribution in [2.45, 2.75) is 411 Å². The molecule has 0 bridgehead atoms. The zero-order valence-electron chi connectivity index (χ0n) is 54.1. The molecular weight excluding hydrogens is 983 g/mol. The van der Waals surface area contributed by atoms with Crippen molar-refractivity contribution in [2.75, 3.05) is 13.2 Å². The van der Waals surface area contributed by atoms with Gasteiger partial charge in [0, 0.05) is 12.8 Å². The van der Waals surface area contributed by atoms with E-state index in [1.165, 1.54) is 315 Å². The lowest BCUT2D eigenvalue weighted by Crippen LogP contribution is -2.45. The Morgan fingerprint density at radius 2 is 0.625 bits per heavy atom. The first-order chi connectivity index (χ1) is 39.5. The van der Waals surface area contributed by atoms with Gasteiger partial charge in [-0.3, -0.25) is 9.59 Å². The summed E-state index contributed by atoms with van der Waals surface area (Å²) < 4.78 is 5.49. The molecule has 0 aromatic carbocycles. The van der Waals surface area contributed by atoms with Gasteiger partial charge >= 0.3 is 5.97 Å². The van der Waals surface area contributed by atoms with Crippen molar-refractivity contribution in [3.05, 3.63) is 36.5 Å². The van der Waals surface area contributed by atoms with Gasteiger partial charge in [-0.1, -0.05) is 339 Å². The maximum Gasteiger partial charge on any atom is 0.305 e. The van der Waals surface area contributed by atoms with Crippen molar-refractivity contribution >= 4 is 11.9 Å². The lowest BCUT2D eigenvalue weighted by molar-refractivity contribution is -0.143. The fourth-order valence-corrected chi connectivity index (χ4v) is 11.4. The van der Waals surface area contributed by atoms with Gasteiger partial charge < -0.3 is 20.3 Å². The number of allylic oxidation sites excluding steroid dienone is 6. The van der Waals surface area contributed by atoms with Crippen LogP contribution in [-0.4, -0.2) is 47.4 Å². The van der Waals surface area contributed by atoms with Crippen LogP contribution in [0.1, 0.15) is 399 Å². The molecule has 0 heterocycles. The molecule has 0 aromatic heterocycles. The van der Waals surface area contributed by atoms with Gasteiger partial charge in [-0.25, -0.2) is 0 Å². The molecule has 0 aliphatic rings. The second-order valence-corrected chi connectivity index (χ2v) is 24.9. The van der Waals surface area contributed by atoms with Crippen LogP contribution >= 0.6 is 0 Å². The van der Waals surface area contributed by atoms with Crippen LogP contribution < -0.4 is 5.32 Å². The number of hydrogen-bond donors (Lipinski definition) is 3. The van der Waals surface area contributed by atoms with Crippen LogP contribution in [0.3, 0.4) is 0 Å². The van der Waals surface area contributed by atoms with Gasteiger partial charge in [0.2, 0.25) is 5.91 Å². The molecule has 2 atom stereocenters. The van der Waals surface area contributed by atoms with E-state index in [-0.39, 0.29) is 18.5 Å². The van der Waals surface area contributed by atoms with Crippen LogP contribution in [0.2, 0.25) is 0 Å². The predicted octanol–water partition coefficient (Wildman–Crippen LogP) is 23.5. The standard InChI is InChI=1S/C74H141NO5/c1-3-5-7-9-11-13-15-17-19-35-38-42-46-50-54-58-62-66-72(77)71(70-76)75-73(78)67-63-59-55-51-47-43-39-36-33-31-29-27-25-23-21-22-24-26-28-30-32-34-37-41-45-49-53-57-61-65-69-80-74(79)68-64-60-56-52-48-44-40-20-18-16-14-12-10-8-6-4-2/h14,16,20,22,24,40,71-72,76-77H,3-13,15,17-19,21,23,25-39,41-70H2,1-2H3,(H,75,78)/b16-14-,24-22-,40-20-. The van der Waals surface area contributed by atoms with E-state index in [0.29, 0.717) is 25.9 Å². The van der Waals surface area contributed by atoms with Gasteiger partial charge in [0.1, 0.15) is 0 Å². The highest BCUT2D eigenvalue weighted by molar-refractivity contribution is 5.76. The minimum absolute atomic E-state index is 0.00408. The van der Waals surface area contributed by atoms with E-state index < -0.39 is 12.1 Å². The van der Waals surface area contributed by atoms with Crippen molar-refractivity contribution in [1.29, 1.82) is 0 Å². The molecule has 0 aliphatic carbocycles. The normalized spacial score (nSPS) is 12.7. The molecular formula is C74H141NO5. The third-order valence-electron chi connectivity index (χ3n) is 16.9. The van der Waals surface area contributed by atoms with Crippen LogP contribution in [0, 0.1) is 0 Å². The highest BCUT2D eigenvalue weighted by atomic mass is 16.5. The van der Waals surface area contributed by atoms with Gasteiger partial charge in [-0.2, -0.15) is 0 Å². The first kappa shape index (κ1) is 78.1. The van der Waals surface area contributed by atoms with Crippen molar-refractivity contribution < 1.29 is 24.5 Å². The Morgan fingerprint density at radius 1 is 0.350 bits per heavy atom. The molecule has 0 radical (unpaired) electrons. The first-order valence-electron chi connectivity index (χ1n) is 36.2. The van der Waals surface area contributed by atoms with Gasteiger partial charge in [0.15, 0.2) is 0 Å². The number of rotatable bonds is 68. The summed E-state index contributed by atoms with van der Waals surface area (Å²) in [6.45, 7) is 4.96. The second-order valence-electron chi connectivity index (χ2n) is 24.9. The number of carbonyl (C=O) groups is 2.